The van der Waals surface area contributed by atoms with E-state index in [0.717, 1.165) is 12.8 Å². The highest BCUT2D eigenvalue weighted by Gasteiger charge is 2.34. The van der Waals surface area contributed by atoms with Gasteiger partial charge in [-0.1, -0.05) is 0 Å². The number of aliphatic carboxylic acids is 1. The third-order valence-corrected chi connectivity index (χ3v) is 3.86. The van der Waals surface area contributed by atoms with Gasteiger partial charge in [-0.25, -0.2) is 4.79 Å². The maximum atomic E-state index is 12.2. The molecule has 2 N–H and O–H groups in total. The molecule has 2 amide bonds. The maximum Gasteiger partial charge on any atom is 0.320 e. The second kappa shape index (κ2) is 5.56. The zero-order chi connectivity index (χ0) is 13.1. The fourth-order valence-corrected chi connectivity index (χ4v) is 2.72. The van der Waals surface area contributed by atoms with Crippen LogP contribution in [0.2, 0.25) is 0 Å². The molecule has 2 atom stereocenters. The largest absolute Gasteiger partial charge is 0.481 e. The number of urea groups is 1. The molecule has 2 rings (SSSR count). The van der Waals surface area contributed by atoms with Gasteiger partial charge < -0.3 is 20.0 Å². The topological polar surface area (TPSA) is 81.1 Å². The Morgan fingerprint density at radius 2 is 1.83 bits per heavy atom. The van der Waals surface area contributed by atoms with Crippen molar-refractivity contribution >= 4 is 12.0 Å². The Hall–Kier alpha value is -1.30. The summed E-state index contributed by atoms with van der Waals surface area (Å²) in [5.41, 5.74) is 0. The lowest BCUT2D eigenvalue weighted by molar-refractivity contribution is -0.141. The van der Waals surface area contributed by atoms with Crippen LogP contribution in [0.3, 0.4) is 0 Å². The van der Waals surface area contributed by atoms with E-state index in [1.54, 1.807) is 9.80 Å². The Balaban J connectivity index is 1.89. The number of piperidine rings is 1. The first-order valence-corrected chi connectivity index (χ1v) is 6.49. The minimum Gasteiger partial charge on any atom is -0.481 e. The van der Waals surface area contributed by atoms with Gasteiger partial charge in [-0.3, -0.25) is 4.79 Å². The second-order valence-electron chi connectivity index (χ2n) is 5.19. The number of carboxylic acid groups (broad SMARTS) is 1. The van der Waals surface area contributed by atoms with Crippen LogP contribution in [0.5, 0.6) is 0 Å². The van der Waals surface area contributed by atoms with Gasteiger partial charge in [0, 0.05) is 32.8 Å². The summed E-state index contributed by atoms with van der Waals surface area (Å²) in [6, 6.07) is -0.0723. The van der Waals surface area contributed by atoms with E-state index in [-0.39, 0.29) is 18.6 Å². The number of aliphatic hydroxyl groups excluding tert-OH is 1. The average molecular weight is 256 g/mol. The van der Waals surface area contributed by atoms with E-state index in [0.29, 0.717) is 32.6 Å². The van der Waals surface area contributed by atoms with Gasteiger partial charge in [-0.2, -0.15) is 0 Å². The number of hydrogen-bond donors (Lipinski definition) is 2. The highest BCUT2D eigenvalue weighted by Crippen LogP contribution is 2.21. The summed E-state index contributed by atoms with van der Waals surface area (Å²) in [6.07, 6.45) is 2.41. The summed E-state index contributed by atoms with van der Waals surface area (Å²) in [7, 11) is 0. The second-order valence-corrected chi connectivity index (χ2v) is 5.19. The molecule has 0 aliphatic carbocycles. The van der Waals surface area contributed by atoms with Gasteiger partial charge in [0.15, 0.2) is 0 Å². The van der Waals surface area contributed by atoms with Gasteiger partial charge in [0.05, 0.1) is 5.92 Å². The molecule has 2 heterocycles. The first-order valence-electron chi connectivity index (χ1n) is 6.49. The van der Waals surface area contributed by atoms with Crippen LogP contribution in [-0.4, -0.2) is 64.8 Å². The van der Waals surface area contributed by atoms with Crippen LogP contribution in [0.25, 0.3) is 0 Å². The number of hydrogen-bond acceptors (Lipinski definition) is 3. The number of rotatable bonds is 2. The number of nitrogens with zero attached hydrogens (tertiary/aromatic N) is 2. The number of carbonyl (C=O) groups is 2. The zero-order valence-corrected chi connectivity index (χ0v) is 10.4. The lowest BCUT2D eigenvalue weighted by Crippen LogP contribution is -2.47. The molecule has 2 aliphatic rings. The van der Waals surface area contributed by atoms with E-state index in [4.69, 9.17) is 10.2 Å². The Morgan fingerprint density at radius 3 is 2.44 bits per heavy atom. The number of carboxylic acids is 1. The minimum absolute atomic E-state index is 0.0723. The van der Waals surface area contributed by atoms with E-state index >= 15 is 0 Å². The Kier molecular flexibility index (Phi) is 4.06. The number of carbonyl (C=O) groups excluding carboxylic acids is 1. The van der Waals surface area contributed by atoms with Crippen molar-refractivity contribution in [1.82, 2.24) is 9.80 Å². The van der Waals surface area contributed by atoms with Crippen molar-refractivity contribution in [2.75, 3.05) is 32.8 Å². The average Bonchev–Trinajstić information content (AvgIpc) is 2.87. The smallest absolute Gasteiger partial charge is 0.320 e. The summed E-state index contributed by atoms with van der Waals surface area (Å²) < 4.78 is 0. The first-order chi connectivity index (χ1) is 8.61. The summed E-state index contributed by atoms with van der Waals surface area (Å²) in [4.78, 5) is 26.4. The monoisotopic (exact) mass is 256 g/mol. The predicted octanol–water partition coefficient (Wildman–Crippen LogP) is 0.217. The SMILES string of the molecule is O=C(O)C1CCN(C(=O)N2CCCC(CO)C2)C1. The van der Waals surface area contributed by atoms with Crippen LogP contribution in [0.1, 0.15) is 19.3 Å². The van der Waals surface area contributed by atoms with Crippen molar-refractivity contribution in [3.63, 3.8) is 0 Å². The highest BCUT2D eigenvalue weighted by molar-refractivity contribution is 5.77. The normalized spacial score (nSPS) is 28.5. The summed E-state index contributed by atoms with van der Waals surface area (Å²) in [5.74, 6) is -1.08. The van der Waals surface area contributed by atoms with E-state index in [1.165, 1.54) is 0 Å². The molecule has 2 aliphatic heterocycles. The van der Waals surface area contributed by atoms with E-state index in [9.17, 15) is 9.59 Å². The fourth-order valence-electron chi connectivity index (χ4n) is 2.72. The van der Waals surface area contributed by atoms with Crippen LogP contribution in [0.15, 0.2) is 0 Å². The third-order valence-electron chi connectivity index (χ3n) is 3.86. The molecule has 0 aromatic heterocycles. The molecule has 0 aromatic rings. The quantitative estimate of drug-likeness (QED) is 0.740. The Morgan fingerprint density at radius 1 is 1.11 bits per heavy atom. The molecular weight excluding hydrogens is 236 g/mol. The predicted molar refractivity (Wildman–Crippen MR) is 64.1 cm³/mol. The first kappa shape index (κ1) is 13.1. The molecule has 102 valence electrons. The molecule has 0 saturated carbocycles. The Labute approximate surface area is 106 Å². The summed E-state index contributed by atoms with van der Waals surface area (Å²) >= 11 is 0. The van der Waals surface area contributed by atoms with Gasteiger partial charge in [-0.05, 0) is 25.2 Å². The zero-order valence-electron chi connectivity index (χ0n) is 10.4. The molecule has 0 radical (unpaired) electrons. The Bertz CT molecular complexity index is 334. The molecule has 18 heavy (non-hydrogen) atoms. The highest BCUT2D eigenvalue weighted by atomic mass is 16.4. The van der Waals surface area contributed by atoms with Gasteiger partial charge in [-0.15, -0.1) is 0 Å². The fraction of sp³-hybridized carbons (Fsp3) is 0.833. The molecule has 6 nitrogen and oxygen atoms in total. The van der Waals surface area contributed by atoms with Gasteiger partial charge >= 0.3 is 12.0 Å². The van der Waals surface area contributed by atoms with E-state index in [1.807, 2.05) is 0 Å². The molecule has 6 heteroatoms. The van der Waals surface area contributed by atoms with Gasteiger partial charge in [0.25, 0.3) is 0 Å². The number of likely N-dealkylation sites (tertiary alicyclic amines) is 2. The van der Waals surface area contributed by atoms with Crippen LogP contribution >= 0.6 is 0 Å². The third kappa shape index (κ3) is 2.75. The molecule has 0 bridgehead atoms. The molecule has 2 unspecified atom stereocenters. The van der Waals surface area contributed by atoms with Crippen molar-refractivity contribution in [2.45, 2.75) is 19.3 Å². The van der Waals surface area contributed by atoms with Crippen molar-refractivity contribution < 1.29 is 19.8 Å². The molecule has 2 fully saturated rings. The standard InChI is InChI=1S/C12H20N2O4/c15-8-9-2-1-4-13(6-9)12(18)14-5-3-10(7-14)11(16)17/h9-10,15H,1-8H2,(H,16,17). The van der Waals surface area contributed by atoms with Crippen molar-refractivity contribution in [1.29, 1.82) is 0 Å². The summed E-state index contributed by atoms with van der Waals surface area (Å²) in [6.45, 7) is 2.25. The minimum atomic E-state index is -0.822. The number of aliphatic hydroxyl groups is 1. The molecule has 0 aromatic carbocycles. The summed E-state index contributed by atoms with van der Waals surface area (Å²) in [5, 5.41) is 18.1. The van der Waals surface area contributed by atoms with E-state index < -0.39 is 11.9 Å². The van der Waals surface area contributed by atoms with E-state index in [2.05, 4.69) is 0 Å². The van der Waals surface area contributed by atoms with Crippen LogP contribution in [0, 0.1) is 11.8 Å². The van der Waals surface area contributed by atoms with Gasteiger partial charge in [0.1, 0.15) is 0 Å². The maximum absolute atomic E-state index is 12.2. The van der Waals surface area contributed by atoms with Crippen LogP contribution in [0.4, 0.5) is 4.79 Å². The van der Waals surface area contributed by atoms with Gasteiger partial charge in [0.2, 0.25) is 0 Å². The molecule has 2 saturated heterocycles. The van der Waals surface area contributed by atoms with Crippen molar-refractivity contribution in [3.8, 4) is 0 Å². The van der Waals surface area contributed by atoms with Crippen molar-refractivity contribution in [3.05, 3.63) is 0 Å². The molecular formula is C12H20N2O4. The lowest BCUT2D eigenvalue weighted by atomic mass is 9.99. The van der Waals surface area contributed by atoms with Crippen LogP contribution < -0.4 is 0 Å². The lowest BCUT2D eigenvalue weighted by Gasteiger charge is -2.34. The van der Waals surface area contributed by atoms with Crippen molar-refractivity contribution in [2.24, 2.45) is 11.8 Å². The molecule has 0 spiro atoms. The number of amides is 2. The van der Waals surface area contributed by atoms with Crippen LogP contribution in [-0.2, 0) is 4.79 Å².